The maximum absolute atomic E-state index is 13.3. The molecule has 0 saturated heterocycles. The van der Waals surface area contributed by atoms with Crippen LogP contribution in [0.1, 0.15) is 15.9 Å². The number of carbonyl (C=O) groups is 1. The lowest BCUT2D eigenvalue weighted by atomic mass is 10.0. The van der Waals surface area contributed by atoms with Crippen molar-refractivity contribution in [3.8, 4) is 5.75 Å². The number of ether oxygens (including phenoxy) is 1. The minimum absolute atomic E-state index is 0.120. The predicted octanol–water partition coefficient (Wildman–Crippen LogP) is 3.30. The molecule has 0 bridgehead atoms. The summed E-state index contributed by atoms with van der Waals surface area (Å²) in [7, 11) is 1.41. The Morgan fingerprint density at radius 3 is 2.58 bits per heavy atom. The van der Waals surface area contributed by atoms with Crippen LogP contribution in [-0.2, 0) is 0 Å². The number of benzene rings is 2. The number of rotatable bonds is 3. The highest BCUT2D eigenvalue weighted by molar-refractivity contribution is 6.35. The van der Waals surface area contributed by atoms with E-state index in [9.17, 15) is 9.18 Å². The molecule has 2 aromatic carbocycles. The number of hydrogen-bond donors (Lipinski definition) is 1. The molecule has 5 heteroatoms. The minimum Gasteiger partial charge on any atom is -0.496 e. The fourth-order valence-electron chi connectivity index (χ4n) is 1.72. The van der Waals surface area contributed by atoms with Crippen LogP contribution in [0.4, 0.5) is 10.1 Å². The van der Waals surface area contributed by atoms with Crippen LogP contribution in [0.5, 0.6) is 5.75 Å². The molecule has 3 nitrogen and oxygen atoms in total. The molecule has 0 heterocycles. The third-order valence-corrected chi connectivity index (χ3v) is 2.96. The van der Waals surface area contributed by atoms with Gasteiger partial charge in [-0.3, -0.25) is 4.79 Å². The van der Waals surface area contributed by atoms with Gasteiger partial charge in [0.2, 0.25) is 0 Å². The molecule has 98 valence electrons. The molecule has 0 spiro atoms. The van der Waals surface area contributed by atoms with Crippen molar-refractivity contribution < 1.29 is 13.9 Å². The molecular formula is C14H11ClFNO2. The van der Waals surface area contributed by atoms with E-state index in [1.165, 1.54) is 31.4 Å². The predicted molar refractivity (Wildman–Crippen MR) is 72.2 cm³/mol. The maximum atomic E-state index is 13.3. The number of ketones is 1. The summed E-state index contributed by atoms with van der Waals surface area (Å²) in [5.41, 5.74) is 6.39. The van der Waals surface area contributed by atoms with Crippen LogP contribution >= 0.6 is 11.6 Å². The van der Waals surface area contributed by atoms with Crippen LogP contribution in [0.25, 0.3) is 0 Å². The van der Waals surface area contributed by atoms with Crippen molar-refractivity contribution in [2.75, 3.05) is 12.8 Å². The fourth-order valence-corrected chi connectivity index (χ4v) is 1.99. The summed E-state index contributed by atoms with van der Waals surface area (Å²) in [6.07, 6.45) is 0. The number of nitrogens with two attached hydrogens (primary N) is 1. The topological polar surface area (TPSA) is 52.3 Å². The zero-order valence-electron chi connectivity index (χ0n) is 10.1. The SMILES string of the molecule is COc1ccc(F)cc1C(=O)c1ccc(N)cc1Cl. The Morgan fingerprint density at radius 2 is 1.95 bits per heavy atom. The van der Waals surface area contributed by atoms with E-state index in [4.69, 9.17) is 22.1 Å². The van der Waals surface area contributed by atoms with Crippen LogP contribution in [0.15, 0.2) is 36.4 Å². The second-order valence-electron chi connectivity index (χ2n) is 3.91. The second-order valence-corrected chi connectivity index (χ2v) is 4.32. The number of hydrogen-bond acceptors (Lipinski definition) is 3. The summed E-state index contributed by atoms with van der Waals surface area (Å²) < 4.78 is 18.3. The Bertz CT molecular complexity index is 643. The third-order valence-electron chi connectivity index (χ3n) is 2.64. The average Bonchev–Trinajstić information content (AvgIpc) is 2.38. The lowest BCUT2D eigenvalue weighted by molar-refractivity contribution is 0.103. The van der Waals surface area contributed by atoms with Crippen molar-refractivity contribution in [3.63, 3.8) is 0 Å². The molecule has 2 N–H and O–H groups in total. The van der Waals surface area contributed by atoms with Gasteiger partial charge in [-0.25, -0.2) is 4.39 Å². The summed E-state index contributed by atoms with van der Waals surface area (Å²) in [5.74, 6) is -0.642. The zero-order chi connectivity index (χ0) is 14.0. The normalized spacial score (nSPS) is 10.3. The van der Waals surface area contributed by atoms with Crippen LogP contribution in [0, 0.1) is 5.82 Å². The van der Waals surface area contributed by atoms with Gasteiger partial charge in [-0.2, -0.15) is 0 Å². The number of methoxy groups -OCH3 is 1. The van der Waals surface area contributed by atoms with Crippen molar-refractivity contribution in [2.24, 2.45) is 0 Å². The fraction of sp³-hybridized carbons (Fsp3) is 0.0714. The van der Waals surface area contributed by atoms with Crippen LogP contribution in [0.3, 0.4) is 0 Å². The van der Waals surface area contributed by atoms with Gasteiger partial charge in [-0.15, -0.1) is 0 Å². The van der Waals surface area contributed by atoms with Gasteiger partial charge in [-0.05, 0) is 36.4 Å². The maximum Gasteiger partial charge on any atom is 0.198 e. The van der Waals surface area contributed by atoms with Gasteiger partial charge >= 0.3 is 0 Å². The summed E-state index contributed by atoms with van der Waals surface area (Å²) in [6, 6.07) is 8.28. The van der Waals surface area contributed by atoms with Crippen molar-refractivity contribution in [1.29, 1.82) is 0 Å². The monoisotopic (exact) mass is 279 g/mol. The molecular weight excluding hydrogens is 269 g/mol. The van der Waals surface area contributed by atoms with Crippen LogP contribution < -0.4 is 10.5 Å². The van der Waals surface area contributed by atoms with E-state index >= 15 is 0 Å². The molecule has 0 unspecified atom stereocenters. The Balaban J connectivity index is 2.52. The van der Waals surface area contributed by atoms with E-state index in [1.54, 1.807) is 6.07 Å². The van der Waals surface area contributed by atoms with Gasteiger partial charge in [0.05, 0.1) is 17.7 Å². The lowest BCUT2D eigenvalue weighted by Gasteiger charge is -2.09. The first-order valence-electron chi connectivity index (χ1n) is 5.46. The Morgan fingerprint density at radius 1 is 1.21 bits per heavy atom. The van der Waals surface area contributed by atoms with Gasteiger partial charge in [0.25, 0.3) is 0 Å². The first-order valence-corrected chi connectivity index (χ1v) is 5.84. The summed E-state index contributed by atoms with van der Waals surface area (Å²) >= 11 is 5.97. The molecule has 0 amide bonds. The largest absolute Gasteiger partial charge is 0.496 e. The number of anilines is 1. The molecule has 0 aliphatic rings. The summed E-state index contributed by atoms with van der Waals surface area (Å²) in [5, 5.41) is 0.219. The smallest absolute Gasteiger partial charge is 0.198 e. The van der Waals surface area contributed by atoms with E-state index in [-0.39, 0.29) is 16.1 Å². The molecule has 0 radical (unpaired) electrons. The van der Waals surface area contributed by atoms with Gasteiger partial charge in [0.1, 0.15) is 11.6 Å². The average molecular weight is 280 g/mol. The van der Waals surface area contributed by atoms with Gasteiger partial charge in [0.15, 0.2) is 5.78 Å². The van der Waals surface area contributed by atoms with Gasteiger partial charge in [0, 0.05) is 11.3 Å². The Labute approximate surface area is 114 Å². The van der Waals surface area contributed by atoms with E-state index in [0.29, 0.717) is 11.4 Å². The molecule has 0 saturated carbocycles. The number of carbonyl (C=O) groups excluding carboxylic acids is 1. The first-order chi connectivity index (χ1) is 9.02. The molecule has 0 atom stereocenters. The standard InChI is InChI=1S/C14H11ClFNO2/c1-19-13-5-2-8(16)6-11(13)14(18)10-4-3-9(17)7-12(10)15/h2-7H,17H2,1H3. The molecule has 19 heavy (non-hydrogen) atoms. The van der Waals surface area contributed by atoms with Crippen molar-refractivity contribution in [2.45, 2.75) is 0 Å². The van der Waals surface area contributed by atoms with Crippen molar-refractivity contribution in [1.82, 2.24) is 0 Å². The molecule has 2 rings (SSSR count). The van der Waals surface area contributed by atoms with Crippen LogP contribution in [-0.4, -0.2) is 12.9 Å². The highest BCUT2D eigenvalue weighted by Crippen LogP contribution is 2.27. The lowest BCUT2D eigenvalue weighted by Crippen LogP contribution is -2.05. The van der Waals surface area contributed by atoms with E-state index in [2.05, 4.69) is 0 Å². The first kappa shape index (κ1) is 13.4. The molecule has 0 aliphatic heterocycles. The van der Waals surface area contributed by atoms with Crippen LogP contribution in [0.2, 0.25) is 5.02 Å². The van der Waals surface area contributed by atoms with E-state index in [1.807, 2.05) is 0 Å². The third kappa shape index (κ3) is 2.69. The molecule has 0 aromatic heterocycles. The van der Waals surface area contributed by atoms with E-state index in [0.717, 1.165) is 6.07 Å². The quantitative estimate of drug-likeness (QED) is 0.693. The molecule has 2 aromatic rings. The van der Waals surface area contributed by atoms with Crippen molar-refractivity contribution >= 4 is 23.1 Å². The van der Waals surface area contributed by atoms with Gasteiger partial charge in [-0.1, -0.05) is 11.6 Å². The van der Waals surface area contributed by atoms with Crippen molar-refractivity contribution in [3.05, 3.63) is 58.4 Å². The Kier molecular flexibility index (Phi) is 3.71. The number of halogens is 2. The summed E-state index contributed by atoms with van der Waals surface area (Å²) in [4.78, 5) is 12.3. The summed E-state index contributed by atoms with van der Waals surface area (Å²) in [6.45, 7) is 0. The highest BCUT2D eigenvalue weighted by Gasteiger charge is 2.18. The van der Waals surface area contributed by atoms with E-state index < -0.39 is 11.6 Å². The number of nitrogen functional groups attached to an aromatic ring is 1. The Hall–Kier alpha value is -2.07. The molecule has 0 fully saturated rings. The second kappa shape index (κ2) is 5.28. The van der Waals surface area contributed by atoms with Gasteiger partial charge < -0.3 is 10.5 Å². The minimum atomic E-state index is -0.518. The zero-order valence-corrected chi connectivity index (χ0v) is 10.9. The highest BCUT2D eigenvalue weighted by atomic mass is 35.5. The molecule has 0 aliphatic carbocycles.